The predicted molar refractivity (Wildman–Crippen MR) is 97.1 cm³/mol. The number of anilines is 1. The summed E-state index contributed by atoms with van der Waals surface area (Å²) < 4.78 is 0. The van der Waals surface area contributed by atoms with Crippen LogP contribution in [0.2, 0.25) is 10.0 Å². The van der Waals surface area contributed by atoms with Crippen molar-refractivity contribution in [2.75, 3.05) is 11.1 Å². The molecule has 0 saturated heterocycles. The summed E-state index contributed by atoms with van der Waals surface area (Å²) in [5.41, 5.74) is 2.93. The maximum Gasteiger partial charge on any atom is 0.234 e. The van der Waals surface area contributed by atoms with E-state index in [0.29, 0.717) is 27.0 Å². The number of nitriles is 1. The third-order valence-electron chi connectivity index (χ3n) is 3.11. The van der Waals surface area contributed by atoms with E-state index < -0.39 is 0 Å². The fourth-order valence-electron chi connectivity index (χ4n) is 1.94. The van der Waals surface area contributed by atoms with Crippen LogP contribution in [0.5, 0.6) is 0 Å². The highest BCUT2D eigenvalue weighted by atomic mass is 35.5. The number of aryl methyl sites for hydroxylation is 1. The van der Waals surface area contributed by atoms with Gasteiger partial charge in [-0.05, 0) is 36.2 Å². The van der Waals surface area contributed by atoms with E-state index in [1.165, 1.54) is 11.8 Å². The maximum absolute atomic E-state index is 12.0. The molecule has 0 bridgehead atoms. The van der Waals surface area contributed by atoms with Gasteiger partial charge in [0.05, 0.1) is 33.1 Å². The zero-order chi connectivity index (χ0) is 16.8. The minimum Gasteiger partial charge on any atom is -0.323 e. The monoisotopic (exact) mass is 364 g/mol. The van der Waals surface area contributed by atoms with Crippen molar-refractivity contribution in [1.82, 2.24) is 0 Å². The number of thioether (sulfide) groups is 1. The molecule has 0 atom stereocenters. The smallest absolute Gasteiger partial charge is 0.234 e. The van der Waals surface area contributed by atoms with E-state index in [2.05, 4.69) is 11.4 Å². The van der Waals surface area contributed by atoms with Gasteiger partial charge in [-0.2, -0.15) is 5.26 Å². The molecule has 0 unspecified atom stereocenters. The van der Waals surface area contributed by atoms with Gasteiger partial charge in [-0.25, -0.2) is 0 Å². The Morgan fingerprint density at radius 2 is 2.09 bits per heavy atom. The Morgan fingerprint density at radius 1 is 1.30 bits per heavy atom. The summed E-state index contributed by atoms with van der Waals surface area (Å²) >= 11 is 13.7. The number of nitrogens with zero attached hydrogens (tertiary/aromatic N) is 1. The number of carbonyl (C=O) groups is 1. The van der Waals surface area contributed by atoms with Crippen LogP contribution in [0, 0.1) is 18.3 Å². The molecule has 6 heteroatoms. The van der Waals surface area contributed by atoms with Crippen molar-refractivity contribution >= 4 is 46.6 Å². The van der Waals surface area contributed by atoms with E-state index in [1.807, 2.05) is 25.1 Å². The molecule has 0 spiro atoms. The molecule has 0 saturated carbocycles. The molecule has 2 aromatic rings. The number of rotatable bonds is 5. The highest BCUT2D eigenvalue weighted by molar-refractivity contribution is 7.99. The molecule has 118 valence electrons. The van der Waals surface area contributed by atoms with Crippen LogP contribution in [0.25, 0.3) is 0 Å². The topological polar surface area (TPSA) is 52.9 Å². The lowest BCUT2D eigenvalue weighted by molar-refractivity contribution is -0.113. The van der Waals surface area contributed by atoms with Gasteiger partial charge in [0.15, 0.2) is 0 Å². The molecule has 23 heavy (non-hydrogen) atoms. The lowest BCUT2D eigenvalue weighted by atomic mass is 10.2. The molecule has 0 aliphatic carbocycles. The quantitative estimate of drug-likeness (QED) is 0.807. The Kier molecular flexibility index (Phi) is 6.35. The minimum atomic E-state index is -0.166. The third-order valence-corrected chi connectivity index (χ3v) is 4.91. The van der Waals surface area contributed by atoms with Crippen molar-refractivity contribution in [2.45, 2.75) is 12.7 Å². The number of hydrogen-bond acceptors (Lipinski definition) is 3. The number of nitrogens with one attached hydrogen (secondary N) is 1. The van der Waals surface area contributed by atoms with E-state index in [4.69, 9.17) is 28.5 Å². The molecule has 0 aliphatic rings. The van der Waals surface area contributed by atoms with Crippen molar-refractivity contribution in [3.8, 4) is 6.07 Å². The molecule has 2 aromatic carbocycles. The van der Waals surface area contributed by atoms with Gasteiger partial charge in [-0.3, -0.25) is 4.79 Å². The first kappa shape index (κ1) is 17.7. The summed E-state index contributed by atoms with van der Waals surface area (Å²) in [6.07, 6.45) is 0. The van der Waals surface area contributed by atoms with Crippen LogP contribution in [0.15, 0.2) is 36.4 Å². The zero-order valence-electron chi connectivity index (χ0n) is 12.4. The second-order valence-corrected chi connectivity index (χ2v) is 6.68. The molecule has 0 radical (unpaired) electrons. The van der Waals surface area contributed by atoms with Gasteiger partial charge < -0.3 is 5.32 Å². The SMILES string of the molecule is Cc1ccc(Cl)c(NC(=O)CSCc2cccc(C#N)c2)c1Cl. The molecule has 0 fully saturated rings. The molecule has 0 heterocycles. The average molecular weight is 365 g/mol. The highest BCUT2D eigenvalue weighted by Gasteiger charge is 2.11. The Balaban J connectivity index is 1.91. The molecule has 0 aromatic heterocycles. The summed E-state index contributed by atoms with van der Waals surface area (Å²) in [5.74, 6) is 0.760. The molecule has 3 nitrogen and oxygen atoms in total. The Morgan fingerprint density at radius 3 is 2.83 bits per heavy atom. The van der Waals surface area contributed by atoms with E-state index >= 15 is 0 Å². The van der Waals surface area contributed by atoms with E-state index in [0.717, 1.165) is 11.1 Å². The number of amides is 1. The molecule has 2 rings (SSSR count). The van der Waals surface area contributed by atoms with Gasteiger partial charge in [0, 0.05) is 5.75 Å². The van der Waals surface area contributed by atoms with Crippen LogP contribution in [0.1, 0.15) is 16.7 Å². The molecule has 1 amide bonds. The minimum absolute atomic E-state index is 0.166. The number of halogens is 2. The summed E-state index contributed by atoms with van der Waals surface area (Å²) in [5, 5.41) is 12.5. The summed E-state index contributed by atoms with van der Waals surface area (Å²) in [7, 11) is 0. The summed E-state index contributed by atoms with van der Waals surface area (Å²) in [4.78, 5) is 12.0. The molecule has 0 aliphatic heterocycles. The van der Waals surface area contributed by atoms with Gasteiger partial charge in [-0.1, -0.05) is 41.4 Å². The van der Waals surface area contributed by atoms with Gasteiger partial charge in [0.2, 0.25) is 5.91 Å². The van der Waals surface area contributed by atoms with Crippen LogP contribution >= 0.6 is 35.0 Å². The first-order chi connectivity index (χ1) is 11.0. The number of benzene rings is 2. The van der Waals surface area contributed by atoms with Crippen LogP contribution in [-0.4, -0.2) is 11.7 Å². The first-order valence-electron chi connectivity index (χ1n) is 6.82. The van der Waals surface area contributed by atoms with Crippen LogP contribution < -0.4 is 5.32 Å². The van der Waals surface area contributed by atoms with Crippen LogP contribution in [-0.2, 0) is 10.5 Å². The summed E-state index contributed by atoms with van der Waals surface area (Å²) in [6, 6.07) is 12.9. The first-order valence-corrected chi connectivity index (χ1v) is 8.73. The third kappa shape index (κ3) is 4.90. The second-order valence-electron chi connectivity index (χ2n) is 4.91. The van der Waals surface area contributed by atoms with Crippen molar-refractivity contribution in [1.29, 1.82) is 5.26 Å². The molecular weight excluding hydrogens is 351 g/mol. The van der Waals surface area contributed by atoms with Crippen molar-refractivity contribution in [2.24, 2.45) is 0 Å². The van der Waals surface area contributed by atoms with E-state index in [1.54, 1.807) is 18.2 Å². The highest BCUT2D eigenvalue weighted by Crippen LogP contribution is 2.33. The fraction of sp³-hybridized carbons (Fsp3) is 0.176. The second kappa shape index (κ2) is 8.26. The maximum atomic E-state index is 12.0. The molecule has 1 N–H and O–H groups in total. The van der Waals surface area contributed by atoms with E-state index in [-0.39, 0.29) is 11.7 Å². The zero-order valence-corrected chi connectivity index (χ0v) is 14.7. The van der Waals surface area contributed by atoms with Gasteiger partial charge >= 0.3 is 0 Å². The number of hydrogen-bond donors (Lipinski definition) is 1. The average Bonchev–Trinajstić information content (AvgIpc) is 2.55. The summed E-state index contributed by atoms with van der Waals surface area (Å²) in [6.45, 7) is 1.85. The molecular formula is C17H14Cl2N2OS. The van der Waals surface area contributed by atoms with Crippen molar-refractivity contribution < 1.29 is 4.79 Å². The van der Waals surface area contributed by atoms with E-state index in [9.17, 15) is 4.79 Å². The van der Waals surface area contributed by atoms with Crippen LogP contribution in [0.3, 0.4) is 0 Å². The van der Waals surface area contributed by atoms with Gasteiger partial charge in [0.1, 0.15) is 0 Å². The Bertz CT molecular complexity index is 772. The number of carbonyl (C=O) groups excluding carboxylic acids is 1. The predicted octanol–water partition coefficient (Wildman–Crippen LogP) is 5.05. The van der Waals surface area contributed by atoms with Gasteiger partial charge in [-0.15, -0.1) is 11.8 Å². The fourth-order valence-corrected chi connectivity index (χ4v) is 3.18. The van der Waals surface area contributed by atoms with Crippen molar-refractivity contribution in [3.63, 3.8) is 0 Å². The normalized spacial score (nSPS) is 10.2. The van der Waals surface area contributed by atoms with Gasteiger partial charge in [0.25, 0.3) is 0 Å². The lowest BCUT2D eigenvalue weighted by Gasteiger charge is -2.11. The Labute approximate surface area is 149 Å². The lowest BCUT2D eigenvalue weighted by Crippen LogP contribution is -2.15. The van der Waals surface area contributed by atoms with Crippen molar-refractivity contribution in [3.05, 3.63) is 63.1 Å². The largest absolute Gasteiger partial charge is 0.323 e. The Hall–Kier alpha value is -1.67. The van der Waals surface area contributed by atoms with Crippen LogP contribution in [0.4, 0.5) is 5.69 Å². The standard InChI is InChI=1S/C17H14Cl2N2OS/c1-11-5-6-14(18)17(16(11)19)21-15(22)10-23-9-13-4-2-3-12(7-13)8-20/h2-7H,9-10H2,1H3,(H,21,22).